The Kier molecular flexibility index (Phi) is 11.2. The minimum absolute atomic E-state index is 0.00645. The first-order valence-corrected chi connectivity index (χ1v) is 21.2. The van der Waals surface area contributed by atoms with Crippen molar-refractivity contribution in [3.63, 3.8) is 0 Å². The molecule has 5 atom stereocenters. The largest absolute Gasteiger partial charge is 0.352 e. The molecular formula is C46H46Cl2FN5O6. The molecule has 0 radical (unpaired) electrons. The van der Waals surface area contributed by atoms with Crippen LogP contribution in [0.2, 0.25) is 10.0 Å². The Hall–Kier alpha value is -5.09. The molecule has 1 unspecified atom stereocenters. The molecule has 1 aliphatic carbocycles. The number of fused-ring (bicyclic) bond motifs is 3. The molecule has 8 rings (SSSR count). The number of rotatable bonds is 7. The van der Waals surface area contributed by atoms with Crippen LogP contribution in [0.3, 0.4) is 0 Å². The van der Waals surface area contributed by atoms with Crippen molar-refractivity contribution < 1.29 is 33.2 Å². The lowest BCUT2D eigenvalue weighted by molar-refractivity contribution is -0.137. The first-order chi connectivity index (χ1) is 28.6. The number of piperidine rings is 1. The summed E-state index contributed by atoms with van der Waals surface area (Å²) in [7, 11) is 0. The fourth-order valence-electron chi connectivity index (χ4n) is 10.1. The van der Waals surface area contributed by atoms with Gasteiger partial charge in [0.05, 0.1) is 17.5 Å². The number of amides is 5. The normalized spacial score (nSPS) is 27.2. The molecule has 14 heteroatoms. The number of ketones is 1. The zero-order valence-electron chi connectivity index (χ0n) is 33.6. The van der Waals surface area contributed by atoms with Crippen LogP contribution in [0.15, 0.2) is 54.6 Å². The Bertz CT molecular complexity index is 2400. The summed E-state index contributed by atoms with van der Waals surface area (Å²) in [5.41, 5.74) is 1.44. The summed E-state index contributed by atoms with van der Waals surface area (Å²) in [5, 5.41) is 12.3. The van der Waals surface area contributed by atoms with Crippen molar-refractivity contribution in [3.8, 4) is 11.8 Å². The van der Waals surface area contributed by atoms with E-state index in [4.69, 9.17) is 23.2 Å². The van der Waals surface area contributed by atoms with E-state index in [0.717, 1.165) is 0 Å². The monoisotopic (exact) mass is 853 g/mol. The Labute approximate surface area is 357 Å². The first-order valence-electron chi connectivity index (χ1n) is 20.5. The van der Waals surface area contributed by atoms with Gasteiger partial charge in [-0.2, -0.15) is 0 Å². The highest BCUT2D eigenvalue weighted by Gasteiger charge is 2.66. The van der Waals surface area contributed by atoms with Crippen LogP contribution in [0.5, 0.6) is 0 Å². The third-order valence-corrected chi connectivity index (χ3v) is 13.3. The van der Waals surface area contributed by atoms with Gasteiger partial charge >= 0.3 is 0 Å². The number of benzene rings is 3. The topological polar surface area (TPSA) is 154 Å². The number of Topliss-reactive ketones (excluding diaryl/α,β-unsaturated/α-hetero) is 1. The van der Waals surface area contributed by atoms with Crippen molar-refractivity contribution in [2.75, 3.05) is 5.32 Å². The summed E-state index contributed by atoms with van der Waals surface area (Å²) in [6.45, 7) is 6.36. The van der Waals surface area contributed by atoms with Crippen molar-refractivity contribution in [2.24, 2.45) is 11.3 Å². The Morgan fingerprint density at radius 1 is 0.967 bits per heavy atom. The van der Waals surface area contributed by atoms with E-state index in [1.165, 1.54) is 11.0 Å². The highest BCUT2D eigenvalue weighted by molar-refractivity contribution is 6.31. The lowest BCUT2D eigenvalue weighted by Crippen LogP contribution is -2.52. The molecule has 0 bridgehead atoms. The van der Waals surface area contributed by atoms with Gasteiger partial charge in [-0.05, 0) is 91.0 Å². The van der Waals surface area contributed by atoms with Gasteiger partial charge in [0.2, 0.25) is 23.6 Å². The summed E-state index contributed by atoms with van der Waals surface area (Å²) >= 11 is 12.7. The van der Waals surface area contributed by atoms with E-state index in [1.807, 2.05) is 0 Å². The lowest BCUT2D eigenvalue weighted by atomic mass is 9.62. The van der Waals surface area contributed by atoms with Crippen LogP contribution in [-0.2, 0) is 35.9 Å². The minimum Gasteiger partial charge on any atom is -0.352 e. The lowest BCUT2D eigenvalue weighted by Gasteiger charge is -2.38. The second-order valence-electron chi connectivity index (χ2n) is 17.8. The van der Waals surface area contributed by atoms with Gasteiger partial charge in [-0.15, -0.1) is 0 Å². The maximum atomic E-state index is 16.2. The molecule has 5 aliphatic rings. The molecule has 11 nitrogen and oxygen atoms in total. The molecule has 4 aliphatic heterocycles. The molecule has 60 heavy (non-hydrogen) atoms. The summed E-state index contributed by atoms with van der Waals surface area (Å²) in [5.74, 6) is 2.35. The maximum Gasteiger partial charge on any atom is 0.255 e. The highest BCUT2D eigenvalue weighted by Crippen LogP contribution is 2.57. The van der Waals surface area contributed by atoms with Crippen LogP contribution in [-0.4, -0.2) is 64.4 Å². The first kappa shape index (κ1) is 41.6. The Balaban J connectivity index is 0.958. The van der Waals surface area contributed by atoms with Crippen LogP contribution in [0.1, 0.15) is 111 Å². The molecule has 1 saturated carbocycles. The van der Waals surface area contributed by atoms with E-state index in [1.54, 1.807) is 48.5 Å². The van der Waals surface area contributed by atoms with Crippen LogP contribution in [0.4, 0.5) is 10.1 Å². The number of carbonyl (C=O) groups excluding carboxylic acids is 6. The van der Waals surface area contributed by atoms with E-state index in [-0.39, 0.29) is 83.2 Å². The zero-order chi connectivity index (χ0) is 42.7. The third-order valence-electron chi connectivity index (χ3n) is 12.8. The molecule has 3 aromatic carbocycles. The number of anilines is 1. The van der Waals surface area contributed by atoms with Gasteiger partial charge in [0.25, 0.3) is 5.91 Å². The smallest absolute Gasteiger partial charge is 0.255 e. The number of nitrogens with one attached hydrogen (secondary N) is 4. The second-order valence-corrected chi connectivity index (χ2v) is 18.7. The fraction of sp³-hybridized carbons (Fsp3) is 0.435. The van der Waals surface area contributed by atoms with E-state index in [2.05, 4.69) is 53.9 Å². The quantitative estimate of drug-likeness (QED) is 0.160. The van der Waals surface area contributed by atoms with Gasteiger partial charge in [-0.3, -0.25) is 34.1 Å². The van der Waals surface area contributed by atoms with Crippen molar-refractivity contribution in [1.29, 1.82) is 0 Å². The third kappa shape index (κ3) is 7.50. The van der Waals surface area contributed by atoms with Crippen molar-refractivity contribution in [1.82, 2.24) is 20.9 Å². The van der Waals surface area contributed by atoms with Gasteiger partial charge < -0.3 is 20.9 Å². The minimum atomic E-state index is -1.37. The molecule has 312 valence electrons. The maximum absolute atomic E-state index is 16.2. The average molecular weight is 855 g/mol. The molecule has 4 N–H and O–H groups in total. The van der Waals surface area contributed by atoms with Crippen LogP contribution >= 0.6 is 23.2 Å². The van der Waals surface area contributed by atoms with Gasteiger partial charge in [-0.1, -0.05) is 80.1 Å². The van der Waals surface area contributed by atoms with Crippen molar-refractivity contribution in [2.45, 2.75) is 114 Å². The van der Waals surface area contributed by atoms with Gasteiger partial charge in [-0.25, -0.2) is 4.39 Å². The van der Waals surface area contributed by atoms with E-state index >= 15 is 4.39 Å². The van der Waals surface area contributed by atoms with Gasteiger partial charge in [0.15, 0.2) is 0 Å². The molecule has 3 aromatic rings. The standard InChI is InChI=1S/C46H46Cl2FN5O6/c1-45(2,3)22-36-46(31-18-15-26(47)21-33(31)51-44(46)60)38(29-10-6-11-32(48)39(29)49)40(52-36)42(58)50-27-16-13-25(14-17-27)35(55)12-5-8-24-7-4-9-28-30(24)23-54(43(28)59)34-19-20-37(56)53-41(34)57/h4,6-7,9-11,15,18,21,25,27,34,36,38,40,52H,12-14,16-17,19-20,22-23H2,1-3H3,(H,50,58)(H,51,60)(H,53,56,57)/t25?,27?,34?,36-,38-,40+,46+/m0/s1. The molecule has 3 fully saturated rings. The van der Waals surface area contributed by atoms with Crippen LogP contribution in [0.25, 0.3) is 0 Å². The fourth-order valence-corrected chi connectivity index (χ4v) is 10.4. The molecule has 5 amide bonds. The van der Waals surface area contributed by atoms with Crippen LogP contribution < -0.4 is 21.3 Å². The van der Waals surface area contributed by atoms with Gasteiger partial charge in [0.1, 0.15) is 23.1 Å². The molecule has 1 spiro atoms. The number of imide groups is 1. The summed E-state index contributed by atoms with van der Waals surface area (Å²) in [6.07, 6.45) is 3.09. The van der Waals surface area contributed by atoms with E-state index < -0.39 is 41.2 Å². The van der Waals surface area contributed by atoms with Crippen molar-refractivity contribution >= 4 is 64.2 Å². The highest BCUT2D eigenvalue weighted by atomic mass is 35.5. The number of hydrogen-bond donors (Lipinski definition) is 4. The van der Waals surface area contributed by atoms with E-state index in [9.17, 15) is 28.8 Å². The number of halogens is 3. The molecular weight excluding hydrogens is 808 g/mol. The second kappa shape index (κ2) is 16.1. The Morgan fingerprint density at radius 3 is 2.45 bits per heavy atom. The number of carbonyl (C=O) groups is 6. The number of hydrogen-bond acceptors (Lipinski definition) is 7. The molecule has 4 heterocycles. The Morgan fingerprint density at radius 2 is 1.72 bits per heavy atom. The van der Waals surface area contributed by atoms with Crippen molar-refractivity contribution in [3.05, 3.63) is 98.3 Å². The summed E-state index contributed by atoms with van der Waals surface area (Å²) in [6, 6.07) is 12.5. The zero-order valence-corrected chi connectivity index (χ0v) is 35.1. The van der Waals surface area contributed by atoms with Crippen LogP contribution in [0, 0.1) is 29.0 Å². The average Bonchev–Trinajstić information content (AvgIpc) is 3.81. The number of nitrogens with zero attached hydrogens (tertiary/aromatic N) is 1. The molecule has 0 aromatic heterocycles. The predicted octanol–water partition coefficient (Wildman–Crippen LogP) is 6.33. The summed E-state index contributed by atoms with van der Waals surface area (Å²) in [4.78, 5) is 81.2. The van der Waals surface area contributed by atoms with E-state index in [0.29, 0.717) is 65.1 Å². The van der Waals surface area contributed by atoms with Gasteiger partial charge in [0, 0.05) is 58.7 Å². The molecule has 2 saturated heterocycles. The predicted molar refractivity (Wildman–Crippen MR) is 224 cm³/mol. The summed E-state index contributed by atoms with van der Waals surface area (Å²) < 4.78 is 16.2. The SMILES string of the molecule is CC(C)(C)C[C@@H]1N[C@@H](C(=O)NC2CCC(C(=O)CC#Cc3cccc4c3CN(C3CCC(=O)NC3=O)C4=O)CC2)[C@H](c2cccc(Cl)c2F)[C@]12C(=O)Nc1cc(Cl)ccc12.